The standard InChI is InChI=1S/C15H18ClNO3S/c16-21(19,20)10-11-7-15(18)17(9-11)14-6-5-12-3-1-2-4-13(12)8-14/h5-6,8,11H,1-4,7,9-10H2. The first-order valence-electron chi connectivity index (χ1n) is 7.27. The summed E-state index contributed by atoms with van der Waals surface area (Å²) in [5.41, 5.74) is 3.58. The van der Waals surface area contributed by atoms with E-state index in [-0.39, 0.29) is 24.0 Å². The molecule has 0 radical (unpaired) electrons. The van der Waals surface area contributed by atoms with Gasteiger partial charge in [-0.2, -0.15) is 0 Å². The molecule has 1 aromatic rings. The number of benzene rings is 1. The predicted octanol–water partition coefficient (Wildman–Crippen LogP) is 2.49. The van der Waals surface area contributed by atoms with Crippen LogP contribution in [0.15, 0.2) is 18.2 Å². The zero-order chi connectivity index (χ0) is 15.0. The average molecular weight is 328 g/mol. The van der Waals surface area contributed by atoms with E-state index in [1.165, 1.54) is 24.0 Å². The molecule has 21 heavy (non-hydrogen) atoms. The molecule has 0 saturated carbocycles. The van der Waals surface area contributed by atoms with Gasteiger partial charge < -0.3 is 4.90 Å². The summed E-state index contributed by atoms with van der Waals surface area (Å²) < 4.78 is 22.3. The molecule has 4 nitrogen and oxygen atoms in total. The molecule has 1 atom stereocenters. The minimum Gasteiger partial charge on any atom is -0.312 e. The summed E-state index contributed by atoms with van der Waals surface area (Å²) in [6, 6.07) is 6.16. The Kier molecular flexibility index (Phi) is 3.97. The van der Waals surface area contributed by atoms with Crippen LogP contribution < -0.4 is 4.90 Å². The molecule has 1 aliphatic heterocycles. The van der Waals surface area contributed by atoms with E-state index in [0.29, 0.717) is 6.54 Å². The summed E-state index contributed by atoms with van der Waals surface area (Å²) in [5, 5.41) is 0. The highest BCUT2D eigenvalue weighted by atomic mass is 35.7. The number of hydrogen-bond acceptors (Lipinski definition) is 3. The van der Waals surface area contributed by atoms with Crippen LogP contribution in [-0.4, -0.2) is 26.6 Å². The predicted molar refractivity (Wildman–Crippen MR) is 83.2 cm³/mol. The Labute approximate surface area is 129 Å². The monoisotopic (exact) mass is 327 g/mol. The lowest BCUT2D eigenvalue weighted by molar-refractivity contribution is -0.117. The first-order chi connectivity index (χ1) is 9.92. The van der Waals surface area contributed by atoms with Crippen molar-refractivity contribution in [2.24, 2.45) is 5.92 Å². The lowest BCUT2D eigenvalue weighted by Crippen LogP contribution is -2.25. The Bertz CT molecular complexity index is 671. The number of hydrogen-bond donors (Lipinski definition) is 0. The molecule has 1 amide bonds. The Hall–Kier alpha value is -1.07. The van der Waals surface area contributed by atoms with Crippen molar-refractivity contribution in [3.63, 3.8) is 0 Å². The van der Waals surface area contributed by atoms with Crippen molar-refractivity contribution >= 4 is 31.3 Å². The van der Waals surface area contributed by atoms with Gasteiger partial charge in [0.2, 0.25) is 15.0 Å². The number of halogens is 1. The van der Waals surface area contributed by atoms with Gasteiger partial charge in [0.05, 0.1) is 5.75 Å². The van der Waals surface area contributed by atoms with Gasteiger partial charge in [-0.25, -0.2) is 8.42 Å². The second kappa shape index (κ2) is 5.61. The van der Waals surface area contributed by atoms with Gasteiger partial charge >= 0.3 is 0 Å². The van der Waals surface area contributed by atoms with E-state index in [2.05, 4.69) is 12.1 Å². The Morgan fingerprint density at radius 1 is 1.19 bits per heavy atom. The summed E-state index contributed by atoms with van der Waals surface area (Å²) in [4.78, 5) is 13.8. The average Bonchev–Trinajstić information content (AvgIpc) is 2.76. The molecular formula is C15H18ClNO3S. The van der Waals surface area contributed by atoms with Gasteiger partial charge in [-0.1, -0.05) is 6.07 Å². The van der Waals surface area contributed by atoms with E-state index in [1.807, 2.05) is 6.07 Å². The molecule has 2 aliphatic rings. The maximum absolute atomic E-state index is 12.1. The summed E-state index contributed by atoms with van der Waals surface area (Å²) in [5.74, 6) is -0.367. The van der Waals surface area contributed by atoms with E-state index in [0.717, 1.165) is 18.5 Å². The van der Waals surface area contributed by atoms with E-state index < -0.39 is 9.05 Å². The van der Waals surface area contributed by atoms with Crippen LogP contribution in [0.3, 0.4) is 0 Å². The number of carbonyl (C=O) groups excluding carboxylic acids is 1. The topological polar surface area (TPSA) is 54.5 Å². The summed E-state index contributed by atoms with van der Waals surface area (Å²) in [6.45, 7) is 0.434. The van der Waals surface area contributed by atoms with Crippen LogP contribution in [0, 0.1) is 5.92 Å². The van der Waals surface area contributed by atoms with Gasteiger partial charge in [0.25, 0.3) is 0 Å². The third-order valence-corrected chi connectivity index (χ3v) is 5.53. The minimum atomic E-state index is -3.56. The molecule has 1 aliphatic carbocycles. The van der Waals surface area contributed by atoms with Gasteiger partial charge in [-0.15, -0.1) is 0 Å². The maximum atomic E-state index is 12.1. The third-order valence-electron chi connectivity index (χ3n) is 4.28. The van der Waals surface area contributed by atoms with E-state index >= 15 is 0 Å². The molecule has 6 heteroatoms. The number of carbonyl (C=O) groups is 1. The molecule has 1 aromatic carbocycles. The smallest absolute Gasteiger partial charge is 0.232 e. The molecule has 3 rings (SSSR count). The van der Waals surface area contributed by atoms with E-state index in [9.17, 15) is 13.2 Å². The number of anilines is 1. The second-order valence-electron chi connectivity index (χ2n) is 5.94. The SMILES string of the molecule is O=C1CC(CS(=O)(=O)Cl)CN1c1ccc2c(c1)CCCC2. The number of aryl methyl sites for hydroxylation is 2. The van der Waals surface area contributed by atoms with Crippen LogP contribution in [0.1, 0.15) is 30.4 Å². The largest absolute Gasteiger partial charge is 0.312 e. The third kappa shape index (κ3) is 3.40. The van der Waals surface area contributed by atoms with Crippen molar-refractivity contribution in [3.8, 4) is 0 Å². The highest BCUT2D eigenvalue weighted by Crippen LogP contribution is 2.30. The van der Waals surface area contributed by atoms with E-state index in [4.69, 9.17) is 10.7 Å². The summed E-state index contributed by atoms with van der Waals surface area (Å²) in [6.07, 6.45) is 4.84. The van der Waals surface area contributed by atoms with Crippen molar-refractivity contribution in [2.75, 3.05) is 17.2 Å². The van der Waals surface area contributed by atoms with Crippen LogP contribution >= 0.6 is 10.7 Å². The first kappa shape index (κ1) is 14.9. The fourth-order valence-corrected chi connectivity index (χ4v) is 4.63. The molecule has 1 saturated heterocycles. The zero-order valence-electron chi connectivity index (χ0n) is 11.7. The lowest BCUT2D eigenvalue weighted by Gasteiger charge is -2.21. The van der Waals surface area contributed by atoms with Gasteiger partial charge in [-0.3, -0.25) is 4.79 Å². The van der Waals surface area contributed by atoms with Crippen molar-refractivity contribution in [1.29, 1.82) is 0 Å². The maximum Gasteiger partial charge on any atom is 0.232 e. The highest BCUT2D eigenvalue weighted by molar-refractivity contribution is 8.13. The number of amides is 1. The second-order valence-corrected chi connectivity index (χ2v) is 8.76. The number of rotatable bonds is 3. The molecule has 1 heterocycles. The quantitative estimate of drug-likeness (QED) is 0.801. The van der Waals surface area contributed by atoms with Crippen LogP contribution in [0.4, 0.5) is 5.69 Å². The Balaban J connectivity index is 1.79. The summed E-state index contributed by atoms with van der Waals surface area (Å²) in [7, 11) is 1.73. The number of nitrogens with zero attached hydrogens (tertiary/aromatic N) is 1. The lowest BCUT2D eigenvalue weighted by atomic mass is 9.91. The molecule has 114 valence electrons. The normalized spacial score (nSPS) is 22.4. The molecule has 1 fully saturated rings. The molecule has 0 spiro atoms. The van der Waals surface area contributed by atoms with Crippen molar-refractivity contribution in [3.05, 3.63) is 29.3 Å². The highest BCUT2D eigenvalue weighted by Gasteiger charge is 2.33. The Morgan fingerprint density at radius 3 is 2.62 bits per heavy atom. The van der Waals surface area contributed by atoms with Crippen molar-refractivity contribution in [2.45, 2.75) is 32.1 Å². The number of fused-ring (bicyclic) bond motifs is 1. The van der Waals surface area contributed by atoms with Gasteiger partial charge in [0.15, 0.2) is 0 Å². The Morgan fingerprint density at radius 2 is 1.90 bits per heavy atom. The van der Waals surface area contributed by atoms with Crippen LogP contribution in [0.2, 0.25) is 0 Å². The molecule has 0 N–H and O–H groups in total. The van der Waals surface area contributed by atoms with Crippen LogP contribution in [0.5, 0.6) is 0 Å². The molecule has 0 bridgehead atoms. The minimum absolute atomic E-state index is 0.0175. The van der Waals surface area contributed by atoms with Crippen molar-refractivity contribution < 1.29 is 13.2 Å². The van der Waals surface area contributed by atoms with Gasteiger partial charge in [-0.05, 0) is 48.9 Å². The van der Waals surface area contributed by atoms with E-state index in [1.54, 1.807) is 4.90 Å². The van der Waals surface area contributed by atoms with Crippen LogP contribution in [-0.2, 0) is 26.7 Å². The zero-order valence-corrected chi connectivity index (χ0v) is 13.3. The summed E-state index contributed by atoms with van der Waals surface area (Å²) >= 11 is 0. The van der Waals surface area contributed by atoms with Crippen LogP contribution in [0.25, 0.3) is 0 Å². The molecule has 1 unspecified atom stereocenters. The van der Waals surface area contributed by atoms with Gasteiger partial charge in [0, 0.05) is 35.3 Å². The van der Waals surface area contributed by atoms with Gasteiger partial charge in [0.1, 0.15) is 0 Å². The molecular weight excluding hydrogens is 310 g/mol. The fraction of sp³-hybridized carbons (Fsp3) is 0.533. The van der Waals surface area contributed by atoms with Crippen molar-refractivity contribution in [1.82, 2.24) is 0 Å². The first-order valence-corrected chi connectivity index (χ1v) is 9.75. The fourth-order valence-electron chi connectivity index (χ4n) is 3.31. The molecule has 0 aromatic heterocycles.